The number of nitriles is 2. The van der Waals surface area contributed by atoms with Crippen molar-refractivity contribution >= 4 is 11.8 Å². The number of aliphatic hydroxyl groups excluding tert-OH is 1. The Morgan fingerprint density at radius 2 is 1.78 bits per heavy atom. The number of benzene rings is 2. The van der Waals surface area contributed by atoms with Crippen LogP contribution in [0.5, 0.6) is 5.75 Å². The predicted molar refractivity (Wildman–Crippen MR) is 135 cm³/mol. The van der Waals surface area contributed by atoms with E-state index in [0.29, 0.717) is 32.7 Å². The molecule has 0 saturated heterocycles. The van der Waals surface area contributed by atoms with Gasteiger partial charge in [-0.1, -0.05) is 12.1 Å². The van der Waals surface area contributed by atoms with Crippen LogP contribution in [-0.2, 0) is 24.5 Å². The van der Waals surface area contributed by atoms with Gasteiger partial charge in [0, 0.05) is 23.7 Å². The van der Waals surface area contributed by atoms with Crippen molar-refractivity contribution in [3.63, 3.8) is 0 Å². The molecule has 0 radical (unpaired) electrons. The molecule has 0 unspecified atom stereocenters. The topological polar surface area (TPSA) is 134 Å². The first-order valence-electron chi connectivity index (χ1n) is 11.5. The maximum absolute atomic E-state index is 13.2. The second-order valence-electron chi connectivity index (χ2n) is 9.36. The summed E-state index contributed by atoms with van der Waals surface area (Å²) in [7, 11) is 0. The first-order valence-corrected chi connectivity index (χ1v) is 11.5. The van der Waals surface area contributed by atoms with Crippen LogP contribution < -0.4 is 14.4 Å². The zero-order valence-electron chi connectivity index (χ0n) is 21.2. The van der Waals surface area contributed by atoms with Crippen LogP contribution in [0.25, 0.3) is 0 Å². The third-order valence-electron chi connectivity index (χ3n) is 5.44. The highest BCUT2D eigenvalue weighted by atomic mass is 16.6. The van der Waals surface area contributed by atoms with Gasteiger partial charge < -0.3 is 19.8 Å². The molecule has 0 aliphatic rings. The van der Waals surface area contributed by atoms with Gasteiger partial charge in [0.05, 0.1) is 36.4 Å². The zero-order chi connectivity index (χ0) is 27.2. The van der Waals surface area contributed by atoms with Gasteiger partial charge in [0.25, 0.3) is 0 Å². The average molecular weight is 501 g/mol. The molecule has 0 aliphatic heterocycles. The average Bonchev–Trinajstić information content (AvgIpc) is 2.87. The van der Waals surface area contributed by atoms with Gasteiger partial charge in [0.15, 0.2) is 11.9 Å². The molecule has 0 saturated carbocycles. The molecule has 1 amide bonds. The van der Waals surface area contributed by atoms with Crippen molar-refractivity contribution in [2.75, 3.05) is 4.90 Å². The van der Waals surface area contributed by atoms with E-state index in [-0.39, 0.29) is 24.6 Å². The van der Waals surface area contributed by atoms with Crippen molar-refractivity contribution in [3.05, 3.63) is 93.4 Å². The molecule has 37 heavy (non-hydrogen) atoms. The van der Waals surface area contributed by atoms with Crippen LogP contribution >= 0.6 is 0 Å². The highest BCUT2D eigenvalue weighted by molar-refractivity contribution is 5.88. The van der Waals surface area contributed by atoms with Crippen LogP contribution in [0, 0.1) is 34.8 Å². The van der Waals surface area contributed by atoms with Gasteiger partial charge in [0.2, 0.25) is 5.69 Å². The molecule has 9 heteroatoms. The van der Waals surface area contributed by atoms with E-state index in [4.69, 9.17) is 20.0 Å². The van der Waals surface area contributed by atoms with Crippen LogP contribution in [0.4, 0.5) is 10.5 Å². The van der Waals surface area contributed by atoms with Crippen LogP contribution in [0.3, 0.4) is 0 Å². The molecule has 0 atom stereocenters. The fourth-order valence-electron chi connectivity index (χ4n) is 3.63. The van der Waals surface area contributed by atoms with Crippen molar-refractivity contribution in [2.45, 2.75) is 53.1 Å². The summed E-state index contributed by atoms with van der Waals surface area (Å²) in [5.41, 5.74) is 2.24. The van der Waals surface area contributed by atoms with Gasteiger partial charge in [-0.05, 0) is 62.7 Å². The fraction of sp³-hybridized carbons (Fsp3) is 0.286. The van der Waals surface area contributed by atoms with Crippen molar-refractivity contribution < 1.29 is 24.1 Å². The number of hydrogen-bond donors (Lipinski definition) is 1. The van der Waals surface area contributed by atoms with E-state index >= 15 is 0 Å². The molecule has 0 spiro atoms. The third kappa shape index (κ3) is 6.75. The lowest BCUT2D eigenvalue weighted by Gasteiger charge is -2.28. The number of aromatic nitrogens is 1. The molecule has 1 aromatic heterocycles. The van der Waals surface area contributed by atoms with Gasteiger partial charge in [-0.3, -0.25) is 4.90 Å². The highest BCUT2D eigenvalue weighted by Crippen LogP contribution is 2.29. The van der Waals surface area contributed by atoms with E-state index in [1.165, 1.54) is 11.1 Å². The monoisotopic (exact) mass is 500 g/mol. The van der Waals surface area contributed by atoms with Crippen molar-refractivity contribution in [1.29, 1.82) is 10.5 Å². The number of nitrogens with zero attached hydrogens (tertiary/aromatic N) is 4. The molecular weight excluding hydrogens is 472 g/mol. The first-order chi connectivity index (χ1) is 17.6. The smallest absolute Gasteiger partial charge is 0.415 e. The Bertz CT molecular complexity index is 1370. The van der Waals surface area contributed by atoms with E-state index in [9.17, 15) is 15.1 Å². The third-order valence-corrected chi connectivity index (χ3v) is 5.44. The summed E-state index contributed by atoms with van der Waals surface area (Å²) >= 11 is 0. The number of anilines is 1. The van der Waals surface area contributed by atoms with Gasteiger partial charge in [-0.15, -0.1) is 0 Å². The zero-order valence-corrected chi connectivity index (χ0v) is 21.2. The van der Waals surface area contributed by atoms with Crippen LogP contribution in [0.1, 0.15) is 54.3 Å². The lowest BCUT2D eigenvalue weighted by Crippen LogP contribution is -2.38. The number of pyridine rings is 1. The Hall–Kier alpha value is -4.60. The van der Waals surface area contributed by atoms with E-state index in [0.717, 1.165) is 5.56 Å². The van der Waals surface area contributed by atoms with Crippen molar-refractivity contribution in [2.24, 2.45) is 0 Å². The minimum atomic E-state index is -0.778. The molecule has 0 fully saturated rings. The minimum absolute atomic E-state index is 0.0677. The number of carbonyl (C=O) groups is 1. The highest BCUT2D eigenvalue weighted by Gasteiger charge is 2.28. The summed E-state index contributed by atoms with van der Waals surface area (Å²) in [6.07, 6.45) is 0.639. The number of hydrogen-bond acceptors (Lipinski definition) is 7. The van der Waals surface area contributed by atoms with Gasteiger partial charge in [0.1, 0.15) is 12.2 Å². The summed E-state index contributed by atoms with van der Waals surface area (Å²) in [5, 5.41) is 41.3. The summed E-state index contributed by atoms with van der Waals surface area (Å²) in [4.78, 5) is 14.5. The number of aliphatic hydroxyl groups is 1. The Morgan fingerprint density at radius 1 is 1.11 bits per heavy atom. The quantitative estimate of drug-likeness (QED) is 0.376. The number of rotatable bonds is 7. The maximum Gasteiger partial charge on any atom is 0.415 e. The molecule has 3 aromatic rings. The summed E-state index contributed by atoms with van der Waals surface area (Å²) in [6.45, 7) is 6.32. The Labute approximate surface area is 215 Å². The van der Waals surface area contributed by atoms with Gasteiger partial charge in [-0.25, -0.2) is 4.79 Å². The molecule has 3 rings (SSSR count). The second kappa shape index (κ2) is 11.4. The van der Waals surface area contributed by atoms with Gasteiger partial charge in [-0.2, -0.15) is 15.3 Å². The SMILES string of the molecule is Cc1c(OCc2cccc(C#N)c2)c(CO)c(CN(C(=O)OC(C)(C)C)c2ccc(C#N)cc2)c[n+]1[O-]. The van der Waals surface area contributed by atoms with Crippen molar-refractivity contribution in [3.8, 4) is 17.9 Å². The first kappa shape index (κ1) is 27.0. The molecule has 2 aromatic carbocycles. The molecule has 1 heterocycles. The second-order valence-corrected chi connectivity index (χ2v) is 9.36. The summed E-state index contributed by atoms with van der Waals surface area (Å²) < 4.78 is 12.2. The lowest BCUT2D eigenvalue weighted by atomic mass is 10.1. The summed E-state index contributed by atoms with van der Waals surface area (Å²) in [6, 6.07) is 17.4. The Balaban J connectivity index is 2.01. The standard InChI is InChI=1S/C28H28N4O5/c1-19-26(36-18-22-7-5-6-21(12-22)14-30)25(17-33)23(16-32(19)35)15-31(27(34)37-28(2,3)4)24-10-8-20(13-29)9-11-24/h5-12,16,33H,15,17-18H2,1-4H3. The van der Waals surface area contributed by atoms with E-state index in [2.05, 4.69) is 6.07 Å². The van der Waals surface area contributed by atoms with E-state index in [1.807, 2.05) is 6.07 Å². The maximum atomic E-state index is 13.2. The normalized spacial score (nSPS) is 10.8. The van der Waals surface area contributed by atoms with Gasteiger partial charge >= 0.3 is 6.09 Å². The fourth-order valence-corrected chi connectivity index (χ4v) is 3.63. The molecular formula is C28H28N4O5. The van der Waals surface area contributed by atoms with Crippen LogP contribution in [0.2, 0.25) is 0 Å². The number of amides is 1. The van der Waals surface area contributed by atoms with Crippen LogP contribution in [0.15, 0.2) is 54.7 Å². The molecule has 9 nitrogen and oxygen atoms in total. The molecule has 1 N–H and O–H groups in total. The lowest BCUT2D eigenvalue weighted by molar-refractivity contribution is -0.613. The largest absolute Gasteiger partial charge is 0.618 e. The summed E-state index contributed by atoms with van der Waals surface area (Å²) in [5.74, 6) is 0.196. The van der Waals surface area contributed by atoms with Crippen LogP contribution in [-0.4, -0.2) is 16.8 Å². The molecule has 190 valence electrons. The predicted octanol–water partition coefficient (Wildman–Crippen LogP) is 4.38. The Morgan fingerprint density at radius 3 is 2.38 bits per heavy atom. The van der Waals surface area contributed by atoms with E-state index < -0.39 is 18.3 Å². The minimum Gasteiger partial charge on any atom is -0.618 e. The molecule has 0 bridgehead atoms. The van der Waals surface area contributed by atoms with E-state index in [1.54, 1.807) is 76.2 Å². The molecule has 0 aliphatic carbocycles. The Kier molecular flexibility index (Phi) is 8.33. The number of carbonyl (C=O) groups excluding carboxylic acids is 1. The van der Waals surface area contributed by atoms with Crippen molar-refractivity contribution in [1.82, 2.24) is 0 Å². The number of ether oxygens (including phenoxy) is 2.